The SMILES string of the molecule is O=C1CSC2(C(=O)N(Cc3cccc(C(F)(F)F)c3)c3ccccc32)N1c1ccccc1. The van der Waals surface area contributed by atoms with Gasteiger partial charge in [0.1, 0.15) is 0 Å². The number of hydrogen-bond donors (Lipinski definition) is 0. The van der Waals surface area contributed by atoms with Gasteiger partial charge in [0.2, 0.25) is 10.8 Å². The van der Waals surface area contributed by atoms with Crippen LogP contribution < -0.4 is 9.80 Å². The highest BCUT2D eigenvalue weighted by molar-refractivity contribution is 8.02. The Bertz CT molecular complexity index is 1220. The second kappa shape index (κ2) is 7.41. The first kappa shape index (κ1) is 20.6. The summed E-state index contributed by atoms with van der Waals surface area (Å²) < 4.78 is 39.6. The zero-order valence-electron chi connectivity index (χ0n) is 16.7. The van der Waals surface area contributed by atoms with Crippen LogP contribution in [0.1, 0.15) is 16.7 Å². The third kappa shape index (κ3) is 3.09. The number of benzene rings is 3. The summed E-state index contributed by atoms with van der Waals surface area (Å²) in [6, 6.07) is 21.1. The summed E-state index contributed by atoms with van der Waals surface area (Å²) in [5.74, 6) is -0.395. The van der Waals surface area contributed by atoms with E-state index in [-0.39, 0.29) is 24.1 Å². The molecule has 0 aliphatic carbocycles. The van der Waals surface area contributed by atoms with Crippen LogP contribution in [0.5, 0.6) is 0 Å². The van der Waals surface area contributed by atoms with Gasteiger partial charge >= 0.3 is 6.18 Å². The number of fused-ring (bicyclic) bond motifs is 2. The zero-order chi connectivity index (χ0) is 22.5. The number of carbonyl (C=O) groups is 2. The molecule has 8 heteroatoms. The normalized spacial score (nSPS) is 20.3. The van der Waals surface area contributed by atoms with E-state index in [1.807, 2.05) is 6.07 Å². The van der Waals surface area contributed by atoms with Gasteiger partial charge < -0.3 is 4.90 Å². The molecule has 0 N–H and O–H groups in total. The van der Waals surface area contributed by atoms with Crippen molar-refractivity contribution in [1.29, 1.82) is 0 Å². The molecule has 0 radical (unpaired) electrons. The first-order valence-corrected chi connectivity index (χ1v) is 10.9. The molecule has 2 aliphatic heterocycles. The summed E-state index contributed by atoms with van der Waals surface area (Å²) in [6.07, 6.45) is -4.47. The summed E-state index contributed by atoms with van der Waals surface area (Å²) in [5.41, 5.74) is 1.46. The Morgan fingerprint density at radius 1 is 0.906 bits per heavy atom. The second-order valence-electron chi connectivity index (χ2n) is 7.60. The molecule has 2 aliphatic rings. The first-order valence-electron chi connectivity index (χ1n) is 9.92. The van der Waals surface area contributed by atoms with Crippen molar-refractivity contribution in [2.24, 2.45) is 0 Å². The van der Waals surface area contributed by atoms with Gasteiger partial charge in [-0.25, -0.2) is 0 Å². The fourth-order valence-corrected chi connectivity index (χ4v) is 5.68. The lowest BCUT2D eigenvalue weighted by molar-refractivity contribution is -0.137. The van der Waals surface area contributed by atoms with Gasteiger partial charge in [-0.15, -0.1) is 11.8 Å². The van der Waals surface area contributed by atoms with Crippen molar-refractivity contribution < 1.29 is 22.8 Å². The molecule has 3 aromatic rings. The predicted octanol–water partition coefficient (Wildman–Crippen LogP) is 5.19. The largest absolute Gasteiger partial charge is 0.416 e. The van der Waals surface area contributed by atoms with Gasteiger partial charge in [-0.1, -0.05) is 48.5 Å². The first-order chi connectivity index (χ1) is 15.3. The number of rotatable bonds is 3. The van der Waals surface area contributed by atoms with E-state index < -0.39 is 16.6 Å². The maximum Gasteiger partial charge on any atom is 0.416 e. The van der Waals surface area contributed by atoms with Crippen molar-refractivity contribution >= 4 is 35.0 Å². The Balaban J connectivity index is 1.60. The number of thioether (sulfide) groups is 1. The monoisotopic (exact) mass is 454 g/mol. The number of amides is 2. The molecule has 2 amide bonds. The van der Waals surface area contributed by atoms with Crippen LogP contribution in [-0.4, -0.2) is 17.6 Å². The van der Waals surface area contributed by atoms with Crippen LogP contribution in [0.2, 0.25) is 0 Å². The van der Waals surface area contributed by atoms with E-state index in [9.17, 15) is 22.8 Å². The van der Waals surface area contributed by atoms with Gasteiger partial charge in [-0.05, 0) is 35.9 Å². The number of hydrogen-bond acceptors (Lipinski definition) is 3. The number of halogens is 3. The van der Waals surface area contributed by atoms with Crippen LogP contribution in [0.4, 0.5) is 24.5 Å². The van der Waals surface area contributed by atoms with E-state index in [1.165, 1.54) is 27.6 Å². The number of para-hydroxylation sites is 2. The standard InChI is InChI=1S/C24H17F3N2O2S/c25-24(26,27)17-8-6-7-16(13-17)14-28-20-12-5-4-11-19(20)23(22(28)31)29(21(30)15-32-23)18-9-2-1-3-10-18/h1-13H,14-15H2. The van der Waals surface area contributed by atoms with Gasteiger partial charge in [-0.2, -0.15) is 13.2 Å². The lowest BCUT2D eigenvalue weighted by atomic mass is 10.0. The minimum absolute atomic E-state index is 0.0289. The van der Waals surface area contributed by atoms with E-state index in [0.29, 0.717) is 22.5 Å². The van der Waals surface area contributed by atoms with Crippen LogP contribution >= 0.6 is 11.8 Å². The average molecular weight is 454 g/mol. The summed E-state index contributed by atoms with van der Waals surface area (Å²) in [4.78, 5) is 28.5. The summed E-state index contributed by atoms with van der Waals surface area (Å²) >= 11 is 1.24. The van der Waals surface area contributed by atoms with Crippen molar-refractivity contribution in [2.45, 2.75) is 17.6 Å². The molecule has 5 rings (SSSR count). The van der Waals surface area contributed by atoms with Crippen LogP contribution in [0.3, 0.4) is 0 Å². The second-order valence-corrected chi connectivity index (χ2v) is 8.77. The quantitative estimate of drug-likeness (QED) is 0.547. The molecule has 0 bridgehead atoms. The van der Waals surface area contributed by atoms with Crippen LogP contribution in [0.25, 0.3) is 0 Å². The molecule has 0 saturated carbocycles. The number of carbonyl (C=O) groups excluding carboxylic acids is 2. The maximum absolute atomic E-state index is 13.9. The molecular weight excluding hydrogens is 437 g/mol. The van der Waals surface area contributed by atoms with Gasteiger partial charge in [0.05, 0.1) is 23.5 Å². The third-order valence-corrected chi connectivity index (χ3v) is 7.06. The molecule has 1 spiro atoms. The smallest absolute Gasteiger partial charge is 0.304 e. The molecule has 3 aromatic carbocycles. The van der Waals surface area contributed by atoms with E-state index in [2.05, 4.69) is 0 Å². The van der Waals surface area contributed by atoms with Gasteiger partial charge in [0.25, 0.3) is 5.91 Å². The highest BCUT2D eigenvalue weighted by atomic mass is 32.2. The number of alkyl halides is 3. The topological polar surface area (TPSA) is 40.6 Å². The van der Waals surface area contributed by atoms with Gasteiger partial charge in [-0.3, -0.25) is 14.5 Å². The van der Waals surface area contributed by atoms with Crippen molar-refractivity contribution in [3.63, 3.8) is 0 Å². The molecule has 1 unspecified atom stereocenters. The minimum Gasteiger partial charge on any atom is -0.304 e. The molecule has 0 aromatic heterocycles. The third-order valence-electron chi connectivity index (χ3n) is 5.67. The maximum atomic E-state index is 13.9. The molecule has 1 atom stereocenters. The summed E-state index contributed by atoms with van der Waals surface area (Å²) in [7, 11) is 0. The Kier molecular flexibility index (Phi) is 4.78. The van der Waals surface area contributed by atoms with Gasteiger partial charge in [0.15, 0.2) is 0 Å². The van der Waals surface area contributed by atoms with Crippen LogP contribution in [0, 0.1) is 0 Å². The Hall–Kier alpha value is -3.26. The molecule has 2 heterocycles. The van der Waals surface area contributed by atoms with Crippen molar-refractivity contribution in [1.82, 2.24) is 0 Å². The average Bonchev–Trinajstić information content (AvgIpc) is 3.25. The minimum atomic E-state index is -4.47. The molecule has 32 heavy (non-hydrogen) atoms. The number of nitrogens with zero attached hydrogens (tertiary/aromatic N) is 2. The molecule has 1 saturated heterocycles. The molecule has 1 fully saturated rings. The lowest BCUT2D eigenvalue weighted by Gasteiger charge is -2.33. The lowest BCUT2D eigenvalue weighted by Crippen LogP contribution is -2.49. The van der Waals surface area contributed by atoms with E-state index in [0.717, 1.165) is 12.1 Å². The fourth-order valence-electron chi connectivity index (χ4n) is 4.32. The molecule has 162 valence electrons. The van der Waals surface area contributed by atoms with Crippen LogP contribution in [0.15, 0.2) is 78.9 Å². The zero-order valence-corrected chi connectivity index (χ0v) is 17.5. The van der Waals surface area contributed by atoms with Crippen molar-refractivity contribution in [3.8, 4) is 0 Å². The fraction of sp³-hybridized carbons (Fsp3) is 0.167. The van der Waals surface area contributed by atoms with E-state index in [1.54, 1.807) is 54.6 Å². The summed E-state index contributed by atoms with van der Waals surface area (Å²) in [5, 5.41) is 0. The molecule has 4 nitrogen and oxygen atoms in total. The predicted molar refractivity (Wildman–Crippen MR) is 117 cm³/mol. The van der Waals surface area contributed by atoms with E-state index in [4.69, 9.17) is 0 Å². The highest BCUT2D eigenvalue weighted by Gasteiger charge is 2.60. The van der Waals surface area contributed by atoms with Crippen LogP contribution in [-0.2, 0) is 27.2 Å². The summed E-state index contributed by atoms with van der Waals surface area (Å²) in [6.45, 7) is -0.0289. The van der Waals surface area contributed by atoms with Crippen molar-refractivity contribution in [3.05, 3.63) is 95.6 Å². The highest BCUT2D eigenvalue weighted by Crippen LogP contribution is 2.55. The number of anilines is 2. The molecular formula is C24H17F3N2O2S. The Morgan fingerprint density at radius 2 is 1.62 bits per heavy atom. The van der Waals surface area contributed by atoms with E-state index >= 15 is 0 Å². The Morgan fingerprint density at radius 3 is 2.38 bits per heavy atom. The Labute approximate surface area is 186 Å². The van der Waals surface area contributed by atoms with Crippen molar-refractivity contribution in [2.75, 3.05) is 15.6 Å². The van der Waals surface area contributed by atoms with Gasteiger partial charge in [0, 0.05) is 11.3 Å².